The summed E-state index contributed by atoms with van der Waals surface area (Å²) in [5.41, 5.74) is 1.39. The fourth-order valence-corrected chi connectivity index (χ4v) is 3.10. The normalized spacial score (nSPS) is 16.2. The van der Waals surface area contributed by atoms with Gasteiger partial charge in [-0.2, -0.15) is 0 Å². The maximum absolute atomic E-state index is 12.3. The van der Waals surface area contributed by atoms with E-state index in [4.69, 9.17) is 35.3 Å². The maximum atomic E-state index is 12.3. The lowest BCUT2D eigenvalue weighted by molar-refractivity contribution is -0.129. The number of esters is 1. The van der Waals surface area contributed by atoms with Crippen molar-refractivity contribution in [2.75, 3.05) is 20.5 Å². The molecule has 0 atom stereocenters. The van der Waals surface area contributed by atoms with Crippen LogP contribution in [0.1, 0.15) is 18.1 Å². The average molecular weight is 402 g/mol. The quantitative estimate of drug-likeness (QED) is 0.560. The lowest BCUT2D eigenvalue weighted by Gasteiger charge is -2.11. The van der Waals surface area contributed by atoms with Crippen LogP contribution in [-0.4, -0.2) is 32.4 Å². The molecule has 0 unspecified atom stereocenters. The van der Waals surface area contributed by atoms with Crippen LogP contribution in [0.15, 0.2) is 41.0 Å². The number of carbonyl (C=O) groups is 1. The highest BCUT2D eigenvalue weighted by Gasteiger charge is 2.26. The number of aliphatic imine (C=N–C) groups is 1. The van der Waals surface area contributed by atoms with Gasteiger partial charge in [0.1, 0.15) is 0 Å². The first kappa shape index (κ1) is 18.2. The molecular weight excluding hydrogens is 386 g/mol. The summed E-state index contributed by atoms with van der Waals surface area (Å²) in [5.74, 6) is 1.77. The number of rotatable bonds is 5. The number of halogens is 1. The predicted molar refractivity (Wildman–Crippen MR) is 102 cm³/mol. The van der Waals surface area contributed by atoms with Crippen LogP contribution in [0.25, 0.3) is 6.08 Å². The predicted octanol–water partition coefficient (Wildman–Crippen LogP) is 3.82. The first-order valence-electron chi connectivity index (χ1n) is 8.52. The Morgan fingerprint density at radius 3 is 2.82 bits per heavy atom. The molecule has 0 aromatic heterocycles. The number of benzene rings is 2. The molecule has 2 aromatic carbocycles. The highest BCUT2D eigenvalue weighted by atomic mass is 35.5. The molecule has 0 bridgehead atoms. The second kappa shape index (κ2) is 7.44. The second-order valence-corrected chi connectivity index (χ2v) is 6.28. The fourth-order valence-electron chi connectivity index (χ4n) is 2.83. The zero-order valence-electron chi connectivity index (χ0n) is 15.2. The summed E-state index contributed by atoms with van der Waals surface area (Å²) in [6, 6.07) is 8.59. The topological polar surface area (TPSA) is 75.6 Å². The van der Waals surface area contributed by atoms with Gasteiger partial charge in [0.15, 0.2) is 28.7 Å². The molecule has 0 saturated carbocycles. The standard InChI is InChI=1S/C20H16ClNO6/c1-3-25-18-13(21)6-11(8-17(18)24-2)7-14-20(23)28-19(22-14)12-4-5-15-16(9-12)27-10-26-15/h4-9H,3,10H2,1-2H3/b14-7-. The number of ether oxygens (including phenoxy) is 5. The lowest BCUT2D eigenvalue weighted by Crippen LogP contribution is -2.05. The Hall–Kier alpha value is -3.19. The van der Waals surface area contributed by atoms with Gasteiger partial charge in [0.25, 0.3) is 0 Å². The van der Waals surface area contributed by atoms with Crippen LogP contribution in [0.4, 0.5) is 0 Å². The van der Waals surface area contributed by atoms with E-state index in [1.807, 2.05) is 6.92 Å². The molecule has 4 rings (SSSR count). The molecule has 28 heavy (non-hydrogen) atoms. The van der Waals surface area contributed by atoms with E-state index in [1.54, 1.807) is 36.4 Å². The first-order chi connectivity index (χ1) is 13.6. The van der Waals surface area contributed by atoms with Crippen molar-refractivity contribution in [3.8, 4) is 23.0 Å². The number of carbonyl (C=O) groups excluding carboxylic acids is 1. The van der Waals surface area contributed by atoms with Gasteiger partial charge in [-0.25, -0.2) is 9.79 Å². The SMILES string of the molecule is CCOc1c(Cl)cc(/C=C2\N=C(c3ccc4c(c3)OCO4)OC2=O)cc1OC. The molecule has 144 valence electrons. The van der Waals surface area contributed by atoms with E-state index in [0.29, 0.717) is 45.8 Å². The van der Waals surface area contributed by atoms with Gasteiger partial charge in [-0.05, 0) is 48.9 Å². The Kier molecular flexibility index (Phi) is 4.83. The lowest BCUT2D eigenvalue weighted by atomic mass is 10.1. The number of nitrogens with zero attached hydrogens (tertiary/aromatic N) is 1. The van der Waals surface area contributed by atoms with Crippen molar-refractivity contribution in [2.45, 2.75) is 6.92 Å². The zero-order chi connectivity index (χ0) is 19.7. The number of hydrogen-bond donors (Lipinski definition) is 0. The van der Waals surface area contributed by atoms with E-state index in [1.165, 1.54) is 7.11 Å². The van der Waals surface area contributed by atoms with E-state index in [0.717, 1.165) is 0 Å². The Labute approximate surface area is 166 Å². The van der Waals surface area contributed by atoms with Crippen molar-refractivity contribution in [1.82, 2.24) is 0 Å². The molecule has 7 nitrogen and oxygen atoms in total. The minimum absolute atomic E-state index is 0.148. The van der Waals surface area contributed by atoms with Gasteiger partial charge < -0.3 is 23.7 Å². The van der Waals surface area contributed by atoms with E-state index in [2.05, 4.69) is 4.99 Å². The zero-order valence-corrected chi connectivity index (χ0v) is 15.9. The second-order valence-electron chi connectivity index (χ2n) is 5.87. The summed E-state index contributed by atoms with van der Waals surface area (Å²) < 4.78 is 26.7. The van der Waals surface area contributed by atoms with Crippen molar-refractivity contribution < 1.29 is 28.5 Å². The molecule has 2 aliphatic heterocycles. The fraction of sp³-hybridized carbons (Fsp3) is 0.200. The molecule has 0 amide bonds. The van der Waals surface area contributed by atoms with Gasteiger partial charge >= 0.3 is 5.97 Å². The van der Waals surface area contributed by atoms with Gasteiger partial charge in [-0.3, -0.25) is 0 Å². The van der Waals surface area contributed by atoms with Crippen LogP contribution in [0.5, 0.6) is 23.0 Å². The van der Waals surface area contributed by atoms with E-state index >= 15 is 0 Å². The maximum Gasteiger partial charge on any atom is 0.363 e. The summed E-state index contributed by atoms with van der Waals surface area (Å²) in [6.07, 6.45) is 1.58. The largest absolute Gasteiger partial charge is 0.493 e. The Morgan fingerprint density at radius 2 is 2.04 bits per heavy atom. The van der Waals surface area contributed by atoms with Crippen LogP contribution in [0.3, 0.4) is 0 Å². The monoisotopic (exact) mass is 401 g/mol. The summed E-state index contributed by atoms with van der Waals surface area (Å²) in [7, 11) is 1.52. The van der Waals surface area contributed by atoms with Gasteiger partial charge in [0, 0.05) is 5.56 Å². The van der Waals surface area contributed by atoms with E-state index < -0.39 is 5.97 Å². The smallest absolute Gasteiger partial charge is 0.363 e. The van der Waals surface area contributed by atoms with Crippen molar-refractivity contribution in [3.63, 3.8) is 0 Å². The van der Waals surface area contributed by atoms with Crippen molar-refractivity contribution in [3.05, 3.63) is 52.2 Å². The molecule has 0 fully saturated rings. The molecule has 8 heteroatoms. The minimum atomic E-state index is -0.559. The Bertz CT molecular complexity index is 1010. The highest BCUT2D eigenvalue weighted by molar-refractivity contribution is 6.32. The molecule has 0 aliphatic carbocycles. The Morgan fingerprint density at radius 1 is 1.21 bits per heavy atom. The van der Waals surface area contributed by atoms with Crippen LogP contribution >= 0.6 is 11.6 Å². The third kappa shape index (κ3) is 3.36. The minimum Gasteiger partial charge on any atom is -0.493 e. The number of methoxy groups -OCH3 is 1. The summed E-state index contributed by atoms with van der Waals surface area (Å²) in [6.45, 7) is 2.47. The van der Waals surface area contributed by atoms with Crippen LogP contribution in [0.2, 0.25) is 5.02 Å². The van der Waals surface area contributed by atoms with E-state index in [9.17, 15) is 4.79 Å². The molecule has 0 radical (unpaired) electrons. The molecule has 0 spiro atoms. The van der Waals surface area contributed by atoms with E-state index in [-0.39, 0.29) is 18.4 Å². The third-order valence-electron chi connectivity index (χ3n) is 4.08. The molecule has 2 aliphatic rings. The molecular formula is C20H16ClNO6. The van der Waals surface area contributed by atoms with Gasteiger partial charge in [0.05, 0.1) is 18.7 Å². The Balaban J connectivity index is 1.66. The van der Waals surface area contributed by atoms with Crippen LogP contribution in [-0.2, 0) is 9.53 Å². The number of fused-ring (bicyclic) bond motifs is 1. The number of hydrogen-bond acceptors (Lipinski definition) is 7. The number of cyclic esters (lactones) is 1. The van der Waals surface area contributed by atoms with Gasteiger partial charge in [-0.15, -0.1) is 0 Å². The van der Waals surface area contributed by atoms with Crippen molar-refractivity contribution >= 4 is 29.5 Å². The third-order valence-corrected chi connectivity index (χ3v) is 4.36. The summed E-state index contributed by atoms with van der Waals surface area (Å²) in [5, 5.41) is 0.374. The van der Waals surface area contributed by atoms with Crippen LogP contribution in [0, 0.1) is 0 Å². The molecule has 0 N–H and O–H groups in total. The van der Waals surface area contributed by atoms with Crippen molar-refractivity contribution in [1.29, 1.82) is 0 Å². The molecule has 0 saturated heterocycles. The highest BCUT2D eigenvalue weighted by Crippen LogP contribution is 2.37. The van der Waals surface area contributed by atoms with Gasteiger partial charge in [0.2, 0.25) is 12.7 Å². The molecule has 2 heterocycles. The van der Waals surface area contributed by atoms with Crippen molar-refractivity contribution in [2.24, 2.45) is 4.99 Å². The first-order valence-corrected chi connectivity index (χ1v) is 8.89. The van der Waals surface area contributed by atoms with Gasteiger partial charge in [-0.1, -0.05) is 11.6 Å². The average Bonchev–Trinajstić information content (AvgIpc) is 3.30. The molecule has 2 aromatic rings. The summed E-state index contributed by atoms with van der Waals surface area (Å²) >= 11 is 6.28. The van der Waals surface area contributed by atoms with Crippen LogP contribution < -0.4 is 18.9 Å². The summed E-state index contributed by atoms with van der Waals surface area (Å²) in [4.78, 5) is 16.6.